The van der Waals surface area contributed by atoms with Crippen molar-refractivity contribution in [1.82, 2.24) is 4.31 Å². The summed E-state index contributed by atoms with van der Waals surface area (Å²) >= 11 is 6.75. The first kappa shape index (κ1) is 28.5. The van der Waals surface area contributed by atoms with Crippen molar-refractivity contribution < 1.29 is 39.9 Å². The third-order valence-corrected chi connectivity index (χ3v) is 9.73. The van der Waals surface area contributed by atoms with E-state index in [1.807, 2.05) is 0 Å². The van der Waals surface area contributed by atoms with E-state index < -0.39 is 51.0 Å². The van der Waals surface area contributed by atoms with Gasteiger partial charge in [-0.2, -0.15) is 17.5 Å². The van der Waals surface area contributed by atoms with Gasteiger partial charge in [0.25, 0.3) is 10.0 Å². The minimum absolute atomic E-state index is 0.0142. The second-order valence-electron chi connectivity index (χ2n) is 8.63. The average molecular weight is 594 g/mol. The fraction of sp³-hybridized carbons (Fsp3) is 0.320. The zero-order chi connectivity index (χ0) is 27.7. The van der Waals surface area contributed by atoms with E-state index in [0.29, 0.717) is 17.2 Å². The summed E-state index contributed by atoms with van der Waals surface area (Å²) in [5.41, 5.74) is -0.607. The number of benzene rings is 2. The summed E-state index contributed by atoms with van der Waals surface area (Å²) in [6.07, 6.45) is -4.02. The first-order valence-corrected chi connectivity index (χ1v) is 14.1. The highest BCUT2D eigenvalue weighted by Gasteiger charge is 2.39. The van der Waals surface area contributed by atoms with Crippen molar-refractivity contribution in [2.75, 3.05) is 6.54 Å². The molecule has 13 heteroatoms. The second-order valence-corrected chi connectivity index (χ2v) is 12.5. The third-order valence-electron chi connectivity index (χ3n) is 6.12. The summed E-state index contributed by atoms with van der Waals surface area (Å²) in [7, 11) is -3.92. The number of rotatable bonds is 9. The highest BCUT2D eigenvalue weighted by molar-refractivity contribution is 7.91. The number of carbonyl (C=O) groups is 1. The Bertz CT molecular complexity index is 1420. The van der Waals surface area contributed by atoms with Gasteiger partial charge in [-0.3, -0.25) is 4.79 Å². The number of hydrogen-bond donors (Lipinski definition) is 0. The Kier molecular flexibility index (Phi) is 8.46. The molecule has 2 aromatic carbocycles. The predicted molar refractivity (Wildman–Crippen MR) is 132 cm³/mol. The molecular weight excluding hydrogens is 573 g/mol. The van der Waals surface area contributed by atoms with E-state index in [1.165, 1.54) is 18.2 Å². The van der Waals surface area contributed by atoms with Crippen molar-refractivity contribution in [3.05, 3.63) is 81.2 Å². The molecule has 0 spiro atoms. The van der Waals surface area contributed by atoms with Gasteiger partial charge < -0.3 is 4.74 Å². The van der Waals surface area contributed by atoms with Crippen LogP contribution in [0.2, 0.25) is 4.34 Å². The summed E-state index contributed by atoms with van der Waals surface area (Å²) in [5.74, 6) is -3.15. The molecule has 204 valence electrons. The van der Waals surface area contributed by atoms with Crippen LogP contribution in [0.4, 0.5) is 22.0 Å². The van der Waals surface area contributed by atoms with Gasteiger partial charge >= 0.3 is 6.18 Å². The number of Topliss-reactive ketones (excluding diaryl/α,β-unsaturated/α-hetero) is 1. The van der Waals surface area contributed by atoms with Gasteiger partial charge in [0.1, 0.15) is 10.8 Å². The average Bonchev–Trinajstić information content (AvgIpc) is 3.53. The van der Waals surface area contributed by atoms with Gasteiger partial charge in [0.15, 0.2) is 23.2 Å². The normalized spacial score (nSPS) is 16.6. The molecule has 1 fully saturated rings. The summed E-state index contributed by atoms with van der Waals surface area (Å²) in [5, 5.41) is 0. The number of nitrogens with zero attached hydrogens (tertiary/aromatic N) is 1. The Morgan fingerprint density at radius 2 is 1.79 bits per heavy atom. The van der Waals surface area contributed by atoms with E-state index in [0.717, 1.165) is 46.0 Å². The van der Waals surface area contributed by atoms with E-state index in [2.05, 4.69) is 0 Å². The second kappa shape index (κ2) is 11.3. The number of thiophene rings is 1. The number of ketones is 1. The topological polar surface area (TPSA) is 63.7 Å². The van der Waals surface area contributed by atoms with Gasteiger partial charge in [0.05, 0.1) is 15.9 Å². The Morgan fingerprint density at radius 1 is 1.08 bits per heavy atom. The van der Waals surface area contributed by atoms with Gasteiger partial charge in [-0.1, -0.05) is 29.8 Å². The van der Waals surface area contributed by atoms with Gasteiger partial charge in [-0.05, 0) is 60.7 Å². The van der Waals surface area contributed by atoms with E-state index in [9.17, 15) is 30.8 Å². The van der Waals surface area contributed by atoms with Crippen LogP contribution in [0, 0.1) is 11.6 Å². The van der Waals surface area contributed by atoms with E-state index in [4.69, 9.17) is 16.3 Å². The minimum atomic E-state index is -4.51. The molecule has 4 rings (SSSR count). The Balaban J connectivity index is 1.42. The lowest BCUT2D eigenvalue weighted by Crippen LogP contribution is -2.40. The molecule has 1 aromatic heterocycles. The lowest BCUT2D eigenvalue weighted by atomic mass is 10.0. The lowest BCUT2D eigenvalue weighted by Gasteiger charge is -2.22. The number of carbonyl (C=O) groups excluding carboxylic acids is 1. The van der Waals surface area contributed by atoms with Crippen LogP contribution in [0.25, 0.3) is 0 Å². The first-order valence-electron chi connectivity index (χ1n) is 11.4. The molecule has 1 aliphatic heterocycles. The Labute approximate surface area is 224 Å². The van der Waals surface area contributed by atoms with Crippen LogP contribution in [-0.4, -0.2) is 31.1 Å². The summed E-state index contributed by atoms with van der Waals surface area (Å²) in [6, 6.07) is 8.04. The molecule has 0 amide bonds. The molecule has 0 radical (unpaired) electrons. The van der Waals surface area contributed by atoms with Crippen molar-refractivity contribution in [3.63, 3.8) is 0 Å². The number of halogens is 6. The predicted octanol–water partition coefficient (Wildman–Crippen LogP) is 6.63. The third kappa shape index (κ3) is 6.19. The zero-order valence-corrected chi connectivity index (χ0v) is 22.0. The number of aryl methyl sites for hydroxylation is 1. The largest absolute Gasteiger partial charge is 0.483 e. The molecular formula is C25H21ClF5NO4S2. The molecule has 38 heavy (non-hydrogen) atoms. The van der Waals surface area contributed by atoms with Crippen LogP contribution in [0.1, 0.15) is 36.0 Å². The highest BCUT2D eigenvalue weighted by Crippen LogP contribution is 2.34. The maximum absolute atomic E-state index is 15.0. The summed E-state index contributed by atoms with van der Waals surface area (Å²) in [6.45, 7) is -0.211. The zero-order valence-electron chi connectivity index (χ0n) is 19.6. The monoisotopic (exact) mass is 593 g/mol. The van der Waals surface area contributed by atoms with Crippen molar-refractivity contribution in [1.29, 1.82) is 0 Å². The van der Waals surface area contributed by atoms with Gasteiger partial charge in [0.2, 0.25) is 0 Å². The highest BCUT2D eigenvalue weighted by atomic mass is 35.5. The molecule has 0 aliphatic carbocycles. The van der Waals surface area contributed by atoms with Crippen molar-refractivity contribution in [2.45, 2.75) is 48.7 Å². The fourth-order valence-electron chi connectivity index (χ4n) is 4.17. The van der Waals surface area contributed by atoms with Crippen molar-refractivity contribution in [3.8, 4) is 5.75 Å². The number of hydrogen-bond acceptors (Lipinski definition) is 5. The Morgan fingerprint density at radius 3 is 2.42 bits per heavy atom. The van der Waals surface area contributed by atoms with Crippen LogP contribution in [-0.2, 0) is 34.0 Å². The van der Waals surface area contributed by atoms with E-state index in [-0.39, 0.29) is 41.3 Å². The smallest absolute Gasteiger partial charge is 0.416 e. The molecule has 1 atom stereocenters. The molecule has 0 saturated carbocycles. The quantitative estimate of drug-likeness (QED) is 0.261. The molecule has 0 unspecified atom stereocenters. The molecule has 1 saturated heterocycles. The van der Waals surface area contributed by atoms with E-state index >= 15 is 4.39 Å². The maximum Gasteiger partial charge on any atom is 0.416 e. The summed E-state index contributed by atoms with van der Waals surface area (Å²) < 4.78 is 100. The number of ether oxygens (including phenoxy) is 1. The lowest BCUT2D eigenvalue weighted by molar-refractivity contribution is -0.137. The SMILES string of the molecule is O=C(CCc1ccc(F)c(OCc2ccc(C(F)(F)F)cc2)c1F)[C@@H]1CCCN1S(=O)(=O)c1ccc(Cl)s1. The van der Waals surface area contributed by atoms with Gasteiger partial charge in [-0.25, -0.2) is 17.2 Å². The number of sulfonamides is 1. The standard InChI is InChI=1S/C25H21ClF5NO4S2/c26-21-11-12-22(37-21)38(34,35)32-13-1-2-19(32)20(33)10-6-16-5-9-18(27)24(23(16)28)36-14-15-3-7-17(8-4-15)25(29,30)31/h3-5,7-9,11-12,19H,1-2,6,10,13-14H2/t19-/m0/s1. The van der Waals surface area contributed by atoms with Crippen LogP contribution >= 0.6 is 22.9 Å². The molecule has 1 aliphatic rings. The molecule has 0 bridgehead atoms. The minimum Gasteiger partial charge on any atom is -0.483 e. The van der Waals surface area contributed by atoms with Gasteiger partial charge in [0, 0.05) is 13.0 Å². The fourth-order valence-corrected chi connectivity index (χ4v) is 7.46. The molecule has 0 N–H and O–H groups in total. The van der Waals surface area contributed by atoms with Crippen LogP contribution < -0.4 is 4.74 Å². The number of alkyl halides is 3. The van der Waals surface area contributed by atoms with Crippen LogP contribution in [0.3, 0.4) is 0 Å². The van der Waals surface area contributed by atoms with Crippen molar-refractivity contribution >= 4 is 38.7 Å². The first-order chi connectivity index (χ1) is 17.9. The summed E-state index contributed by atoms with van der Waals surface area (Å²) in [4.78, 5) is 12.9. The molecule has 3 aromatic rings. The van der Waals surface area contributed by atoms with Crippen molar-refractivity contribution in [2.24, 2.45) is 0 Å². The van der Waals surface area contributed by atoms with Crippen LogP contribution in [0.5, 0.6) is 5.75 Å². The maximum atomic E-state index is 15.0. The molecule has 5 nitrogen and oxygen atoms in total. The van der Waals surface area contributed by atoms with Gasteiger partial charge in [-0.15, -0.1) is 11.3 Å². The van der Waals surface area contributed by atoms with Crippen LogP contribution in [0.15, 0.2) is 52.7 Å². The Hall–Kier alpha value is -2.54. The molecule has 2 heterocycles. The van der Waals surface area contributed by atoms with E-state index in [1.54, 1.807) is 0 Å².